The van der Waals surface area contributed by atoms with E-state index in [4.69, 9.17) is 4.98 Å². The van der Waals surface area contributed by atoms with Crippen LogP contribution >= 0.6 is 11.3 Å². The zero-order chi connectivity index (χ0) is 14.0. The zero-order valence-electron chi connectivity index (χ0n) is 12.8. The topological polar surface area (TPSA) is 28.2 Å². The molecule has 0 unspecified atom stereocenters. The Morgan fingerprint density at radius 3 is 3.00 bits per heavy atom. The quantitative estimate of drug-likeness (QED) is 0.902. The highest BCUT2D eigenvalue weighted by Crippen LogP contribution is 2.30. The lowest BCUT2D eigenvalue weighted by molar-refractivity contribution is 0.254. The van der Waals surface area contributed by atoms with Crippen molar-refractivity contribution in [3.63, 3.8) is 0 Å². The predicted molar refractivity (Wildman–Crippen MR) is 84.9 cm³/mol. The third-order valence-corrected chi connectivity index (χ3v) is 5.43. The number of nitrogens with one attached hydrogen (secondary N) is 1. The zero-order valence-corrected chi connectivity index (χ0v) is 13.6. The molecule has 2 fully saturated rings. The van der Waals surface area contributed by atoms with Crippen molar-refractivity contribution in [3.05, 3.63) is 16.1 Å². The first-order valence-electron chi connectivity index (χ1n) is 8.00. The summed E-state index contributed by atoms with van der Waals surface area (Å²) in [6, 6.07) is 0.773. The monoisotopic (exact) mass is 293 g/mol. The Labute approximate surface area is 126 Å². The molecule has 2 aliphatic rings. The molecule has 1 aliphatic carbocycles. The molecular formula is C16H27N3S. The maximum Gasteiger partial charge on any atom is 0.107 e. The Morgan fingerprint density at radius 2 is 2.20 bits per heavy atom. The van der Waals surface area contributed by atoms with Crippen LogP contribution in [0.1, 0.15) is 56.7 Å². The van der Waals surface area contributed by atoms with E-state index in [1.54, 1.807) is 0 Å². The Kier molecular flexibility index (Phi) is 4.43. The van der Waals surface area contributed by atoms with E-state index in [-0.39, 0.29) is 0 Å². The van der Waals surface area contributed by atoms with Gasteiger partial charge in [0.25, 0.3) is 0 Å². The van der Waals surface area contributed by atoms with Crippen LogP contribution < -0.4 is 5.32 Å². The number of hydrogen-bond donors (Lipinski definition) is 1. The van der Waals surface area contributed by atoms with Crippen LogP contribution in [0.25, 0.3) is 0 Å². The van der Waals surface area contributed by atoms with Crippen molar-refractivity contribution in [1.82, 2.24) is 15.2 Å². The molecule has 4 heteroatoms. The minimum absolute atomic E-state index is 0.524. The van der Waals surface area contributed by atoms with Gasteiger partial charge in [-0.2, -0.15) is 0 Å². The van der Waals surface area contributed by atoms with Crippen LogP contribution in [0.4, 0.5) is 0 Å². The smallest absolute Gasteiger partial charge is 0.107 e. The summed E-state index contributed by atoms with van der Waals surface area (Å²) in [5.41, 5.74) is 1.79. The molecule has 1 saturated heterocycles. The first-order chi connectivity index (χ1) is 9.61. The standard InChI is InChI=1S/C16H27N3S/c1-16(2)6-3-8-19(9-7-16)11-14-12-20-15(18-14)10-17-13-4-5-13/h12-13,17H,3-11H2,1-2H3. The van der Waals surface area contributed by atoms with Crippen molar-refractivity contribution < 1.29 is 0 Å². The van der Waals surface area contributed by atoms with Crippen LogP contribution in [-0.4, -0.2) is 29.0 Å². The molecule has 1 aromatic heterocycles. The summed E-state index contributed by atoms with van der Waals surface area (Å²) in [7, 11) is 0. The molecule has 0 aromatic carbocycles. The van der Waals surface area contributed by atoms with Gasteiger partial charge in [-0.05, 0) is 50.6 Å². The molecule has 1 saturated carbocycles. The molecule has 1 N–H and O–H groups in total. The van der Waals surface area contributed by atoms with Crippen molar-refractivity contribution in [2.75, 3.05) is 13.1 Å². The maximum absolute atomic E-state index is 4.79. The highest BCUT2D eigenvalue weighted by atomic mass is 32.1. The van der Waals surface area contributed by atoms with Gasteiger partial charge in [0.15, 0.2) is 0 Å². The second-order valence-electron chi connectivity index (χ2n) is 7.18. The molecule has 112 valence electrons. The molecule has 0 atom stereocenters. The average molecular weight is 293 g/mol. The Morgan fingerprint density at radius 1 is 1.35 bits per heavy atom. The number of thiazole rings is 1. The van der Waals surface area contributed by atoms with E-state index in [1.807, 2.05) is 11.3 Å². The SMILES string of the molecule is CC1(C)CCCN(Cc2csc(CNC3CC3)n2)CC1. The number of rotatable bonds is 5. The van der Waals surface area contributed by atoms with E-state index in [2.05, 4.69) is 29.4 Å². The van der Waals surface area contributed by atoms with E-state index in [0.717, 1.165) is 19.1 Å². The predicted octanol–water partition coefficient (Wildman–Crippen LogP) is 3.41. The average Bonchev–Trinajstić information content (AvgIpc) is 3.15. The van der Waals surface area contributed by atoms with Gasteiger partial charge in [0.05, 0.1) is 5.69 Å². The number of aromatic nitrogens is 1. The van der Waals surface area contributed by atoms with E-state index >= 15 is 0 Å². The minimum atomic E-state index is 0.524. The van der Waals surface area contributed by atoms with Gasteiger partial charge in [-0.25, -0.2) is 4.98 Å². The maximum atomic E-state index is 4.79. The first-order valence-corrected chi connectivity index (χ1v) is 8.88. The highest BCUT2D eigenvalue weighted by molar-refractivity contribution is 7.09. The molecule has 0 radical (unpaired) electrons. The van der Waals surface area contributed by atoms with Gasteiger partial charge >= 0.3 is 0 Å². The van der Waals surface area contributed by atoms with Gasteiger partial charge in [0.2, 0.25) is 0 Å². The number of likely N-dealkylation sites (tertiary alicyclic amines) is 1. The van der Waals surface area contributed by atoms with Crippen LogP contribution in [-0.2, 0) is 13.1 Å². The molecule has 20 heavy (non-hydrogen) atoms. The molecule has 3 rings (SSSR count). The first kappa shape index (κ1) is 14.5. The van der Waals surface area contributed by atoms with Crippen LogP contribution in [0.3, 0.4) is 0 Å². The van der Waals surface area contributed by atoms with E-state index in [1.165, 1.54) is 55.9 Å². The van der Waals surface area contributed by atoms with Crippen LogP contribution in [0, 0.1) is 5.41 Å². The molecule has 0 amide bonds. The molecule has 1 aliphatic heterocycles. The fourth-order valence-corrected chi connectivity index (χ4v) is 3.62. The lowest BCUT2D eigenvalue weighted by Crippen LogP contribution is -2.25. The summed E-state index contributed by atoms with van der Waals surface area (Å²) >= 11 is 1.81. The van der Waals surface area contributed by atoms with Gasteiger partial charge < -0.3 is 5.32 Å². The van der Waals surface area contributed by atoms with Crippen molar-refractivity contribution >= 4 is 11.3 Å². The number of hydrogen-bond acceptors (Lipinski definition) is 4. The lowest BCUT2D eigenvalue weighted by atomic mass is 9.85. The highest BCUT2D eigenvalue weighted by Gasteiger charge is 2.23. The summed E-state index contributed by atoms with van der Waals surface area (Å²) in [6.07, 6.45) is 6.70. The second kappa shape index (κ2) is 6.12. The number of nitrogens with zero attached hydrogens (tertiary/aromatic N) is 2. The fraction of sp³-hybridized carbons (Fsp3) is 0.812. The van der Waals surface area contributed by atoms with Crippen LogP contribution in [0.2, 0.25) is 0 Å². The fourth-order valence-electron chi connectivity index (χ4n) is 2.89. The summed E-state index contributed by atoms with van der Waals surface area (Å²) in [6.45, 7) is 9.26. The van der Waals surface area contributed by atoms with Gasteiger partial charge in [-0.3, -0.25) is 4.90 Å². The van der Waals surface area contributed by atoms with Gasteiger partial charge in [0, 0.05) is 24.5 Å². The summed E-state index contributed by atoms with van der Waals surface area (Å²) < 4.78 is 0. The molecule has 1 aromatic rings. The summed E-state index contributed by atoms with van der Waals surface area (Å²) in [5, 5.41) is 7.05. The minimum Gasteiger partial charge on any atom is -0.308 e. The Balaban J connectivity index is 1.49. The third kappa shape index (κ3) is 4.27. The molecule has 3 nitrogen and oxygen atoms in total. The van der Waals surface area contributed by atoms with Crippen molar-refractivity contribution in [3.8, 4) is 0 Å². The van der Waals surface area contributed by atoms with Crippen molar-refractivity contribution in [1.29, 1.82) is 0 Å². The van der Waals surface area contributed by atoms with Crippen molar-refractivity contribution in [2.45, 2.75) is 65.1 Å². The molecular weight excluding hydrogens is 266 g/mol. The van der Waals surface area contributed by atoms with Crippen molar-refractivity contribution in [2.24, 2.45) is 5.41 Å². The van der Waals surface area contributed by atoms with Gasteiger partial charge in [0.1, 0.15) is 5.01 Å². The van der Waals surface area contributed by atoms with Crippen LogP contribution in [0.15, 0.2) is 5.38 Å². The van der Waals surface area contributed by atoms with E-state index < -0.39 is 0 Å². The normalized spacial score (nSPS) is 23.7. The second-order valence-corrected chi connectivity index (χ2v) is 8.12. The van der Waals surface area contributed by atoms with E-state index in [9.17, 15) is 0 Å². The molecule has 0 bridgehead atoms. The third-order valence-electron chi connectivity index (χ3n) is 4.54. The van der Waals surface area contributed by atoms with Crippen LogP contribution in [0.5, 0.6) is 0 Å². The van der Waals surface area contributed by atoms with E-state index in [0.29, 0.717) is 5.41 Å². The Hall–Kier alpha value is -0.450. The van der Waals surface area contributed by atoms with Gasteiger partial charge in [-0.15, -0.1) is 11.3 Å². The molecule has 2 heterocycles. The van der Waals surface area contributed by atoms with Gasteiger partial charge in [-0.1, -0.05) is 13.8 Å². The summed E-state index contributed by atoms with van der Waals surface area (Å²) in [5.74, 6) is 0. The lowest BCUT2D eigenvalue weighted by Gasteiger charge is -2.22. The summed E-state index contributed by atoms with van der Waals surface area (Å²) in [4.78, 5) is 7.37. The Bertz CT molecular complexity index is 437. The molecule has 0 spiro atoms. The largest absolute Gasteiger partial charge is 0.308 e.